The number of carboxylic acids is 1. The molecule has 0 bridgehead atoms. The van der Waals surface area contributed by atoms with Crippen LogP contribution in [0, 0.1) is 11.6 Å². The number of methoxy groups -OCH3 is 1. The van der Waals surface area contributed by atoms with Crippen LogP contribution in [0.5, 0.6) is 5.88 Å². The third-order valence-electron chi connectivity index (χ3n) is 5.98. The fraction of sp³-hybridized carbons (Fsp3) is 0.296. The number of hydrogen-bond acceptors (Lipinski definition) is 6. The van der Waals surface area contributed by atoms with Gasteiger partial charge in [-0.3, -0.25) is 9.78 Å². The van der Waals surface area contributed by atoms with Crippen molar-refractivity contribution in [1.29, 1.82) is 0 Å². The molecule has 2 aromatic heterocycles. The molecule has 188 valence electrons. The summed E-state index contributed by atoms with van der Waals surface area (Å²) >= 11 is 0. The van der Waals surface area contributed by atoms with Crippen molar-refractivity contribution in [2.75, 3.05) is 13.7 Å². The second kappa shape index (κ2) is 11.8. The maximum Gasteiger partial charge on any atom is 0.306 e. The number of aliphatic carboxylic acids is 1. The largest absolute Gasteiger partial charge is 0.481 e. The minimum Gasteiger partial charge on any atom is -0.481 e. The minimum atomic E-state index is -0.953. The van der Waals surface area contributed by atoms with Crippen molar-refractivity contribution in [3.8, 4) is 5.88 Å². The number of hydrogen-bond donors (Lipinski definition) is 2. The highest BCUT2D eigenvalue weighted by Crippen LogP contribution is 2.25. The molecular weight excluding hydrogens is 468 g/mol. The van der Waals surface area contributed by atoms with Crippen molar-refractivity contribution >= 4 is 29.2 Å². The highest BCUT2D eigenvalue weighted by Gasteiger charge is 2.31. The Bertz CT molecular complexity index is 1280. The average molecular weight is 496 g/mol. The molecule has 3 atom stereocenters. The maximum absolute atomic E-state index is 13.8. The van der Waals surface area contributed by atoms with E-state index in [4.69, 9.17) is 9.47 Å². The number of carboxylic acid groups (broad SMARTS) is 1. The van der Waals surface area contributed by atoms with Gasteiger partial charge in [0.2, 0.25) is 5.88 Å². The first-order valence-electron chi connectivity index (χ1n) is 11.6. The van der Waals surface area contributed by atoms with Crippen LogP contribution in [0.15, 0.2) is 54.7 Å². The van der Waals surface area contributed by atoms with E-state index in [1.165, 1.54) is 6.08 Å². The van der Waals surface area contributed by atoms with Crippen LogP contribution in [0.25, 0.3) is 23.2 Å². The van der Waals surface area contributed by atoms with Gasteiger partial charge in [0, 0.05) is 36.0 Å². The molecule has 0 saturated carbocycles. The lowest BCUT2D eigenvalue weighted by atomic mass is 9.95. The Morgan fingerprint density at radius 2 is 2.06 bits per heavy atom. The molecule has 9 heteroatoms. The fourth-order valence-corrected chi connectivity index (χ4v) is 4.19. The van der Waals surface area contributed by atoms with Gasteiger partial charge < -0.3 is 19.9 Å². The fourth-order valence-electron chi connectivity index (χ4n) is 4.19. The Hall–Kier alpha value is -3.69. The van der Waals surface area contributed by atoms with Gasteiger partial charge in [-0.2, -0.15) is 0 Å². The molecular formula is C27H27F2N3O4. The number of nitrogens with one attached hydrogen (secondary N) is 1. The molecule has 0 amide bonds. The first kappa shape index (κ1) is 25.4. The average Bonchev–Trinajstić information content (AvgIpc) is 2.87. The zero-order chi connectivity index (χ0) is 25.5. The van der Waals surface area contributed by atoms with Crippen molar-refractivity contribution in [1.82, 2.24) is 15.3 Å². The lowest BCUT2D eigenvalue weighted by Gasteiger charge is -2.35. The number of benzene rings is 1. The van der Waals surface area contributed by atoms with Crippen molar-refractivity contribution in [3.05, 3.63) is 77.5 Å². The van der Waals surface area contributed by atoms with Crippen LogP contribution in [-0.4, -0.2) is 52.9 Å². The molecule has 0 unspecified atom stereocenters. The summed E-state index contributed by atoms with van der Waals surface area (Å²) < 4.78 is 38.4. The van der Waals surface area contributed by atoms with Crippen molar-refractivity contribution in [3.63, 3.8) is 0 Å². The van der Waals surface area contributed by atoms with Crippen LogP contribution < -0.4 is 10.1 Å². The Balaban J connectivity index is 1.40. The van der Waals surface area contributed by atoms with E-state index in [0.717, 1.165) is 29.3 Å². The smallest absolute Gasteiger partial charge is 0.306 e. The summed E-state index contributed by atoms with van der Waals surface area (Å²) in [5.41, 5.74) is 2.45. The molecule has 1 aromatic carbocycles. The van der Waals surface area contributed by atoms with Crippen LogP contribution in [0.4, 0.5) is 8.78 Å². The molecule has 2 N–H and O–H groups in total. The number of nitrogens with zero attached hydrogens (tertiary/aromatic N) is 2. The molecule has 1 aliphatic rings. The Morgan fingerprint density at radius 1 is 1.19 bits per heavy atom. The summed E-state index contributed by atoms with van der Waals surface area (Å²) in [6.45, 7) is 0.358. The van der Waals surface area contributed by atoms with E-state index in [1.54, 1.807) is 25.4 Å². The summed E-state index contributed by atoms with van der Waals surface area (Å²) in [4.78, 5) is 20.3. The first-order chi connectivity index (χ1) is 17.4. The van der Waals surface area contributed by atoms with E-state index in [1.807, 2.05) is 24.3 Å². The molecule has 4 rings (SSSR count). The molecule has 7 nitrogen and oxygen atoms in total. The van der Waals surface area contributed by atoms with Crippen molar-refractivity contribution < 1.29 is 28.2 Å². The van der Waals surface area contributed by atoms with Crippen LogP contribution in [-0.2, 0) is 9.53 Å². The number of fused-ring (bicyclic) bond motifs is 1. The molecule has 0 aliphatic carbocycles. The predicted octanol–water partition coefficient (Wildman–Crippen LogP) is 4.62. The zero-order valence-electron chi connectivity index (χ0n) is 19.7. The second-order valence-electron chi connectivity index (χ2n) is 8.45. The van der Waals surface area contributed by atoms with E-state index in [9.17, 15) is 18.7 Å². The van der Waals surface area contributed by atoms with E-state index in [-0.39, 0.29) is 24.1 Å². The summed E-state index contributed by atoms with van der Waals surface area (Å²) in [7, 11) is 1.55. The van der Waals surface area contributed by atoms with E-state index in [0.29, 0.717) is 30.8 Å². The van der Waals surface area contributed by atoms with Crippen molar-refractivity contribution in [2.45, 2.75) is 37.5 Å². The standard InChI is InChI=1S/C27H27F2N3O4/c1-35-25-11-10-23-27(32-25)17(12-14-31-23)4-6-20-7-9-22(24(36-20)16-26(33)34)30-13-2-3-18-15-19(28)5-8-21(18)29/h2-6,8,10-12,14-15,20,22,24,30H,7,9,13,16H2,1H3,(H,33,34)/b3-2+,6-4+/t20-,22-,24-/m1/s1. The van der Waals surface area contributed by atoms with Crippen LogP contribution in [0.2, 0.25) is 0 Å². The van der Waals surface area contributed by atoms with Crippen LogP contribution in [0.3, 0.4) is 0 Å². The minimum absolute atomic E-state index is 0.152. The quantitative estimate of drug-likeness (QED) is 0.447. The van der Waals surface area contributed by atoms with Gasteiger partial charge in [-0.15, -0.1) is 0 Å². The third-order valence-corrected chi connectivity index (χ3v) is 5.98. The topological polar surface area (TPSA) is 93.6 Å². The normalized spacial score (nSPS) is 20.4. The van der Waals surface area contributed by atoms with Gasteiger partial charge >= 0.3 is 5.97 Å². The highest BCUT2D eigenvalue weighted by atomic mass is 19.1. The molecule has 0 spiro atoms. The van der Waals surface area contributed by atoms with E-state index in [2.05, 4.69) is 15.3 Å². The number of ether oxygens (including phenoxy) is 2. The maximum atomic E-state index is 13.8. The van der Waals surface area contributed by atoms with Crippen LogP contribution in [0.1, 0.15) is 30.4 Å². The summed E-state index contributed by atoms with van der Waals surface area (Å²) in [6, 6.07) is 8.51. The second-order valence-corrected chi connectivity index (χ2v) is 8.45. The van der Waals surface area contributed by atoms with E-state index < -0.39 is 23.7 Å². The van der Waals surface area contributed by atoms with Crippen molar-refractivity contribution in [2.24, 2.45) is 0 Å². The zero-order valence-corrected chi connectivity index (χ0v) is 19.7. The van der Waals surface area contributed by atoms with E-state index >= 15 is 0 Å². The van der Waals surface area contributed by atoms with Crippen LogP contribution >= 0.6 is 0 Å². The number of carbonyl (C=O) groups is 1. The predicted molar refractivity (Wildman–Crippen MR) is 132 cm³/mol. The van der Waals surface area contributed by atoms with Gasteiger partial charge in [0.15, 0.2) is 0 Å². The summed E-state index contributed by atoms with van der Waals surface area (Å²) in [5.74, 6) is -1.49. The van der Waals surface area contributed by atoms with Gasteiger partial charge in [-0.05, 0) is 43.2 Å². The molecule has 3 heterocycles. The number of aromatic nitrogens is 2. The molecule has 1 aliphatic heterocycles. The first-order valence-corrected chi connectivity index (χ1v) is 11.6. The molecule has 0 radical (unpaired) electrons. The Kier molecular flexibility index (Phi) is 8.35. The lowest BCUT2D eigenvalue weighted by molar-refractivity contribution is -0.143. The van der Waals surface area contributed by atoms with Gasteiger partial charge in [0.1, 0.15) is 11.6 Å². The number of halogens is 2. The summed E-state index contributed by atoms with van der Waals surface area (Å²) in [5, 5.41) is 12.6. The Morgan fingerprint density at radius 3 is 2.86 bits per heavy atom. The highest BCUT2D eigenvalue weighted by molar-refractivity contribution is 5.84. The Labute approximate surface area is 207 Å². The molecule has 3 aromatic rings. The lowest BCUT2D eigenvalue weighted by Crippen LogP contribution is -2.47. The van der Waals surface area contributed by atoms with Gasteiger partial charge in [-0.1, -0.05) is 24.3 Å². The molecule has 1 saturated heterocycles. The third kappa shape index (κ3) is 6.50. The van der Waals surface area contributed by atoms with Gasteiger partial charge in [-0.25, -0.2) is 13.8 Å². The number of pyridine rings is 2. The molecule has 36 heavy (non-hydrogen) atoms. The number of rotatable bonds is 9. The SMILES string of the molecule is COc1ccc2nccc(/C=C/[C@@H]3CC[C@@H](NC/C=C/c4cc(F)ccc4F)[C@@H](CC(=O)O)O3)c2n1. The van der Waals surface area contributed by atoms with Gasteiger partial charge in [0.05, 0.1) is 36.8 Å². The molecule has 1 fully saturated rings. The van der Waals surface area contributed by atoms with Gasteiger partial charge in [0.25, 0.3) is 0 Å². The monoisotopic (exact) mass is 495 g/mol. The summed E-state index contributed by atoms with van der Waals surface area (Å²) in [6.07, 6.45) is 9.11.